The largest absolute Gasteiger partial charge is 0.497 e. The maximum Gasteiger partial charge on any atom is 0.243 e. The fourth-order valence-electron chi connectivity index (χ4n) is 3.59. The quantitative estimate of drug-likeness (QED) is 0.492. The molecule has 0 aliphatic carbocycles. The fraction of sp³-hybridized carbons (Fsp3) is 0.304. The number of rotatable bonds is 7. The van der Waals surface area contributed by atoms with E-state index in [1.54, 1.807) is 59.9 Å². The minimum Gasteiger partial charge on any atom is -0.497 e. The summed E-state index contributed by atoms with van der Waals surface area (Å²) in [5.41, 5.74) is 2.19. The van der Waals surface area contributed by atoms with Gasteiger partial charge in [-0.1, -0.05) is 18.6 Å². The molecule has 0 atom stereocenters. The van der Waals surface area contributed by atoms with Crippen molar-refractivity contribution in [1.29, 1.82) is 0 Å². The van der Waals surface area contributed by atoms with Crippen LogP contribution in [0.4, 0.5) is 0 Å². The van der Waals surface area contributed by atoms with Gasteiger partial charge in [0, 0.05) is 29.6 Å². The van der Waals surface area contributed by atoms with Crippen LogP contribution in [0.3, 0.4) is 0 Å². The second kappa shape index (κ2) is 9.30. The Labute approximate surface area is 186 Å². The summed E-state index contributed by atoms with van der Waals surface area (Å²) in [6.45, 7) is 1.17. The molecule has 1 aliphatic rings. The Hall–Kier alpha value is -2.55. The molecular weight excluding hydrogens is 432 g/mol. The first-order valence-corrected chi connectivity index (χ1v) is 12.5. The number of carbonyl (C=O) groups excluding carboxylic acids is 1. The summed E-state index contributed by atoms with van der Waals surface area (Å²) in [6, 6.07) is 13.9. The zero-order chi connectivity index (χ0) is 21.8. The van der Waals surface area contributed by atoms with Crippen molar-refractivity contribution in [3.8, 4) is 17.0 Å². The van der Waals surface area contributed by atoms with E-state index in [-0.39, 0.29) is 12.2 Å². The Balaban J connectivity index is 1.45. The third-order valence-corrected chi connectivity index (χ3v) is 8.14. The van der Waals surface area contributed by atoms with Crippen LogP contribution in [0.25, 0.3) is 11.3 Å². The van der Waals surface area contributed by atoms with Gasteiger partial charge in [0.25, 0.3) is 0 Å². The summed E-state index contributed by atoms with van der Waals surface area (Å²) in [4.78, 5) is 17.4. The summed E-state index contributed by atoms with van der Waals surface area (Å²) in [7, 11) is -1.86. The molecule has 0 N–H and O–H groups in total. The molecule has 6 nitrogen and oxygen atoms in total. The molecule has 0 radical (unpaired) electrons. The number of sulfonamides is 1. The van der Waals surface area contributed by atoms with E-state index in [0.29, 0.717) is 29.3 Å². The molecule has 1 fully saturated rings. The van der Waals surface area contributed by atoms with E-state index in [1.165, 1.54) is 11.3 Å². The van der Waals surface area contributed by atoms with Gasteiger partial charge in [-0.2, -0.15) is 4.31 Å². The van der Waals surface area contributed by atoms with Crippen molar-refractivity contribution in [2.24, 2.45) is 0 Å². The number of aromatic nitrogens is 1. The Morgan fingerprint density at radius 1 is 1.03 bits per heavy atom. The van der Waals surface area contributed by atoms with Gasteiger partial charge >= 0.3 is 0 Å². The van der Waals surface area contributed by atoms with Gasteiger partial charge in [0.1, 0.15) is 10.8 Å². The predicted octanol–water partition coefficient (Wildman–Crippen LogP) is 4.42. The average molecular weight is 457 g/mol. The molecular formula is C23H24N2O4S2. The van der Waals surface area contributed by atoms with Crippen LogP contribution < -0.4 is 4.74 Å². The number of piperidine rings is 1. The van der Waals surface area contributed by atoms with Crippen molar-refractivity contribution in [3.63, 3.8) is 0 Å². The first-order valence-electron chi connectivity index (χ1n) is 10.2. The van der Waals surface area contributed by atoms with Gasteiger partial charge in [0.2, 0.25) is 10.0 Å². The molecule has 0 saturated carbocycles. The zero-order valence-corrected chi connectivity index (χ0v) is 18.9. The minimum absolute atomic E-state index is 0.00785. The van der Waals surface area contributed by atoms with Gasteiger partial charge < -0.3 is 4.74 Å². The lowest BCUT2D eigenvalue weighted by Gasteiger charge is -2.25. The molecule has 0 spiro atoms. The maximum absolute atomic E-state index is 12.8. The summed E-state index contributed by atoms with van der Waals surface area (Å²) in [5, 5.41) is 2.62. The maximum atomic E-state index is 12.8. The summed E-state index contributed by atoms with van der Waals surface area (Å²) >= 11 is 1.42. The van der Waals surface area contributed by atoms with Gasteiger partial charge in [0.05, 0.1) is 24.1 Å². The molecule has 1 aromatic heterocycles. The lowest BCUT2D eigenvalue weighted by molar-refractivity contribution is 0.0993. The lowest BCUT2D eigenvalue weighted by atomic mass is 10.1. The Bertz CT molecular complexity index is 1150. The normalized spacial score (nSPS) is 15.0. The van der Waals surface area contributed by atoms with Crippen LogP contribution >= 0.6 is 11.3 Å². The molecule has 4 rings (SSSR count). The Morgan fingerprint density at radius 3 is 2.35 bits per heavy atom. The standard InChI is InChI=1S/C23H24N2O4S2/c1-29-19-9-5-18(6-10-19)22(26)15-23-24-21(16-30-23)17-7-11-20(12-8-17)31(27,28)25-13-3-2-4-14-25/h5-12,16H,2-4,13-15H2,1H3. The number of hydrogen-bond donors (Lipinski definition) is 0. The first-order chi connectivity index (χ1) is 15.0. The van der Waals surface area contributed by atoms with E-state index in [1.807, 2.05) is 5.38 Å². The molecule has 31 heavy (non-hydrogen) atoms. The molecule has 2 aromatic carbocycles. The van der Waals surface area contributed by atoms with E-state index >= 15 is 0 Å². The van der Waals surface area contributed by atoms with Crippen molar-refractivity contribution in [2.45, 2.75) is 30.6 Å². The smallest absolute Gasteiger partial charge is 0.243 e. The number of thiazole rings is 1. The van der Waals surface area contributed by atoms with Gasteiger partial charge in [0.15, 0.2) is 5.78 Å². The monoisotopic (exact) mass is 456 g/mol. The van der Waals surface area contributed by atoms with Gasteiger partial charge in [-0.15, -0.1) is 11.3 Å². The third kappa shape index (κ3) is 4.87. The highest BCUT2D eigenvalue weighted by Crippen LogP contribution is 2.26. The first kappa shape index (κ1) is 21.7. The zero-order valence-electron chi connectivity index (χ0n) is 17.3. The molecule has 1 aliphatic heterocycles. The predicted molar refractivity (Wildman–Crippen MR) is 121 cm³/mol. The Kier molecular flexibility index (Phi) is 6.50. The summed E-state index contributed by atoms with van der Waals surface area (Å²) in [5.74, 6) is 0.699. The molecule has 162 valence electrons. The lowest BCUT2D eigenvalue weighted by Crippen LogP contribution is -2.35. The number of hydrogen-bond acceptors (Lipinski definition) is 6. The van der Waals surface area contributed by atoms with Gasteiger partial charge in [-0.3, -0.25) is 4.79 Å². The molecule has 0 amide bonds. The van der Waals surface area contributed by atoms with E-state index in [9.17, 15) is 13.2 Å². The third-order valence-electron chi connectivity index (χ3n) is 5.38. The highest BCUT2D eigenvalue weighted by molar-refractivity contribution is 7.89. The van der Waals surface area contributed by atoms with E-state index in [4.69, 9.17) is 4.74 Å². The van der Waals surface area contributed by atoms with Crippen molar-refractivity contribution < 1.29 is 17.9 Å². The second-order valence-corrected chi connectivity index (χ2v) is 10.3. The van der Waals surface area contributed by atoms with E-state index in [0.717, 1.165) is 35.5 Å². The van der Waals surface area contributed by atoms with Crippen LogP contribution in [0.5, 0.6) is 5.75 Å². The van der Waals surface area contributed by atoms with Crippen LogP contribution in [-0.2, 0) is 16.4 Å². The topological polar surface area (TPSA) is 76.6 Å². The highest BCUT2D eigenvalue weighted by Gasteiger charge is 2.25. The number of Topliss-reactive ketones (excluding diaryl/α,β-unsaturated/α-hetero) is 1. The number of ketones is 1. The molecule has 8 heteroatoms. The van der Waals surface area contributed by atoms with Crippen LogP contribution in [0, 0.1) is 0 Å². The van der Waals surface area contributed by atoms with Crippen molar-refractivity contribution in [2.75, 3.05) is 20.2 Å². The minimum atomic E-state index is -3.45. The second-order valence-electron chi connectivity index (χ2n) is 7.44. The van der Waals surface area contributed by atoms with Crippen LogP contribution in [0.15, 0.2) is 58.8 Å². The number of nitrogens with zero attached hydrogens (tertiary/aromatic N) is 2. The van der Waals surface area contributed by atoms with Crippen LogP contribution in [0.1, 0.15) is 34.6 Å². The van der Waals surface area contributed by atoms with Crippen LogP contribution in [0.2, 0.25) is 0 Å². The molecule has 0 unspecified atom stereocenters. The molecule has 3 aromatic rings. The SMILES string of the molecule is COc1ccc(C(=O)Cc2nc(-c3ccc(S(=O)(=O)N4CCCCC4)cc3)cs2)cc1. The Morgan fingerprint density at radius 2 is 1.71 bits per heavy atom. The number of ether oxygens (including phenoxy) is 1. The van der Waals surface area contributed by atoms with Gasteiger partial charge in [-0.25, -0.2) is 13.4 Å². The number of benzene rings is 2. The fourth-order valence-corrected chi connectivity index (χ4v) is 5.91. The van der Waals surface area contributed by atoms with Crippen LogP contribution in [-0.4, -0.2) is 43.7 Å². The van der Waals surface area contributed by atoms with Gasteiger partial charge in [-0.05, 0) is 49.2 Å². The molecule has 2 heterocycles. The summed E-state index contributed by atoms with van der Waals surface area (Å²) < 4.78 is 32.3. The summed E-state index contributed by atoms with van der Waals surface area (Å²) in [6.07, 6.45) is 3.12. The van der Waals surface area contributed by atoms with Crippen molar-refractivity contribution in [3.05, 3.63) is 64.5 Å². The molecule has 0 bridgehead atoms. The average Bonchev–Trinajstić information content (AvgIpc) is 3.28. The molecule has 1 saturated heterocycles. The number of carbonyl (C=O) groups is 1. The van der Waals surface area contributed by atoms with Crippen molar-refractivity contribution in [1.82, 2.24) is 9.29 Å². The van der Waals surface area contributed by atoms with E-state index < -0.39 is 10.0 Å². The highest BCUT2D eigenvalue weighted by atomic mass is 32.2. The van der Waals surface area contributed by atoms with E-state index in [2.05, 4.69) is 4.98 Å². The van der Waals surface area contributed by atoms with Crippen molar-refractivity contribution >= 4 is 27.1 Å². The number of methoxy groups -OCH3 is 1.